The number of carbonyl (C=O) groups excluding carboxylic acids is 1. The smallest absolute Gasteiger partial charge is 0.283 e. The first-order chi connectivity index (χ1) is 11.5. The molecule has 0 saturated heterocycles. The van der Waals surface area contributed by atoms with Crippen LogP contribution in [0.15, 0.2) is 50.4 Å². The summed E-state index contributed by atoms with van der Waals surface area (Å²) in [5.41, 5.74) is 2.89. The Hall–Kier alpha value is -1.41. The molecule has 1 aromatic heterocycles. The molecule has 0 aliphatic rings. The number of hydrogen-bond acceptors (Lipinski definition) is 4. The minimum atomic E-state index is -0.397. The number of halogens is 3. The third-order valence-electron chi connectivity index (χ3n) is 3.17. The van der Waals surface area contributed by atoms with Crippen LogP contribution < -0.4 is 5.43 Å². The maximum absolute atomic E-state index is 12.3. The lowest BCUT2D eigenvalue weighted by atomic mass is 10.2. The Balaban J connectivity index is 1.81. The van der Waals surface area contributed by atoms with E-state index < -0.39 is 5.91 Å². The predicted molar refractivity (Wildman–Crippen MR) is 105 cm³/mol. The van der Waals surface area contributed by atoms with E-state index in [4.69, 9.17) is 11.6 Å². The number of phenolic OH excluding ortho intramolecular Hbond substituents is 1. The van der Waals surface area contributed by atoms with Gasteiger partial charge in [0.2, 0.25) is 0 Å². The number of carbonyl (C=O) groups is 1. The van der Waals surface area contributed by atoms with Crippen molar-refractivity contribution in [2.75, 3.05) is 0 Å². The van der Waals surface area contributed by atoms with Crippen LogP contribution in [0.3, 0.4) is 0 Å². The van der Waals surface area contributed by atoms with Crippen molar-refractivity contribution in [2.24, 2.45) is 5.10 Å². The van der Waals surface area contributed by atoms with Crippen LogP contribution in [0.25, 0.3) is 10.1 Å². The van der Waals surface area contributed by atoms with Crippen LogP contribution >= 0.6 is 54.8 Å². The predicted octanol–water partition coefficient (Wildman–Crippen LogP) is 5.55. The lowest BCUT2D eigenvalue weighted by Gasteiger charge is -2.03. The average molecular weight is 489 g/mol. The number of benzene rings is 2. The highest BCUT2D eigenvalue weighted by atomic mass is 79.9. The second kappa shape index (κ2) is 7.23. The van der Waals surface area contributed by atoms with E-state index in [9.17, 15) is 9.90 Å². The maximum atomic E-state index is 12.3. The fourth-order valence-corrected chi connectivity index (χ4v) is 4.72. The normalized spacial score (nSPS) is 11.3. The first kappa shape index (κ1) is 17.4. The van der Waals surface area contributed by atoms with Gasteiger partial charge in [-0.05, 0) is 34.1 Å². The molecule has 0 bridgehead atoms. The van der Waals surface area contributed by atoms with E-state index in [0.29, 0.717) is 19.9 Å². The Bertz CT molecular complexity index is 972. The molecule has 0 saturated carbocycles. The van der Waals surface area contributed by atoms with Crippen molar-refractivity contribution in [3.63, 3.8) is 0 Å². The summed E-state index contributed by atoms with van der Waals surface area (Å²) in [5.74, 6) is -0.359. The molecule has 2 aromatic carbocycles. The lowest BCUT2D eigenvalue weighted by molar-refractivity contribution is 0.0959. The van der Waals surface area contributed by atoms with Gasteiger partial charge in [0.05, 0.1) is 15.7 Å². The van der Waals surface area contributed by atoms with Gasteiger partial charge >= 0.3 is 0 Å². The van der Waals surface area contributed by atoms with Crippen LogP contribution in [-0.2, 0) is 0 Å². The number of aromatic hydroxyl groups is 1. The number of fused-ring (bicyclic) bond motifs is 1. The van der Waals surface area contributed by atoms with E-state index >= 15 is 0 Å². The quantitative estimate of drug-likeness (QED) is 0.375. The zero-order valence-electron chi connectivity index (χ0n) is 11.9. The Labute approximate surface area is 163 Å². The Morgan fingerprint density at radius 2 is 2.04 bits per heavy atom. The lowest BCUT2D eigenvalue weighted by Crippen LogP contribution is -2.16. The van der Waals surface area contributed by atoms with Crippen molar-refractivity contribution < 1.29 is 9.90 Å². The molecule has 24 heavy (non-hydrogen) atoms. The molecule has 0 spiro atoms. The summed E-state index contributed by atoms with van der Waals surface area (Å²) >= 11 is 14.1. The SMILES string of the molecule is O=C(N/N=C/c1cc(Br)cc(Br)c1O)c1sc2ccccc2c1Cl. The highest BCUT2D eigenvalue weighted by molar-refractivity contribution is 9.11. The average Bonchev–Trinajstić information content (AvgIpc) is 2.89. The third kappa shape index (κ3) is 3.49. The summed E-state index contributed by atoms with van der Waals surface area (Å²) in [7, 11) is 0. The fourth-order valence-electron chi connectivity index (χ4n) is 2.06. The molecule has 0 unspecified atom stereocenters. The molecule has 4 nitrogen and oxygen atoms in total. The van der Waals surface area contributed by atoms with Gasteiger partial charge in [-0.1, -0.05) is 45.7 Å². The molecular weight excluding hydrogens is 480 g/mol. The molecule has 3 aromatic rings. The summed E-state index contributed by atoms with van der Waals surface area (Å²) in [4.78, 5) is 12.7. The van der Waals surface area contributed by atoms with E-state index in [1.165, 1.54) is 17.6 Å². The molecular formula is C16H9Br2ClN2O2S. The highest BCUT2D eigenvalue weighted by Gasteiger charge is 2.16. The number of amides is 1. The summed E-state index contributed by atoms with van der Waals surface area (Å²) in [6, 6.07) is 10.9. The van der Waals surface area contributed by atoms with Crippen molar-refractivity contribution in [3.05, 3.63) is 60.8 Å². The molecule has 8 heteroatoms. The van der Waals surface area contributed by atoms with Gasteiger partial charge in [-0.15, -0.1) is 11.3 Å². The highest BCUT2D eigenvalue weighted by Crippen LogP contribution is 2.35. The maximum Gasteiger partial charge on any atom is 0.283 e. The van der Waals surface area contributed by atoms with Crippen molar-refractivity contribution in [1.29, 1.82) is 0 Å². The van der Waals surface area contributed by atoms with Crippen LogP contribution in [0, 0.1) is 0 Å². The van der Waals surface area contributed by atoms with Crippen molar-refractivity contribution in [1.82, 2.24) is 5.43 Å². The summed E-state index contributed by atoms with van der Waals surface area (Å²) < 4.78 is 2.23. The summed E-state index contributed by atoms with van der Waals surface area (Å²) in [6.45, 7) is 0. The van der Waals surface area contributed by atoms with Gasteiger partial charge in [-0.2, -0.15) is 5.10 Å². The monoisotopic (exact) mass is 486 g/mol. The van der Waals surface area contributed by atoms with E-state index in [2.05, 4.69) is 42.4 Å². The van der Waals surface area contributed by atoms with Crippen LogP contribution in [0.2, 0.25) is 5.02 Å². The van der Waals surface area contributed by atoms with Gasteiger partial charge in [0.25, 0.3) is 5.91 Å². The topological polar surface area (TPSA) is 61.7 Å². The van der Waals surface area contributed by atoms with Crippen LogP contribution in [0.5, 0.6) is 5.75 Å². The van der Waals surface area contributed by atoms with Crippen LogP contribution in [0.1, 0.15) is 15.2 Å². The molecule has 0 atom stereocenters. The zero-order chi connectivity index (χ0) is 17.3. The van der Waals surface area contributed by atoms with Gasteiger partial charge < -0.3 is 5.11 Å². The Kier molecular flexibility index (Phi) is 5.24. The number of hydrogen-bond donors (Lipinski definition) is 2. The molecule has 1 heterocycles. The Morgan fingerprint density at radius 1 is 1.29 bits per heavy atom. The van der Waals surface area contributed by atoms with E-state index in [0.717, 1.165) is 14.6 Å². The summed E-state index contributed by atoms with van der Waals surface area (Å²) in [5, 5.41) is 15.1. The fraction of sp³-hybridized carbons (Fsp3) is 0. The largest absolute Gasteiger partial charge is 0.506 e. The van der Waals surface area contributed by atoms with Gasteiger partial charge in [-0.3, -0.25) is 4.79 Å². The first-order valence-corrected chi connectivity index (χ1v) is 9.44. The van der Waals surface area contributed by atoms with Crippen molar-refractivity contribution in [2.45, 2.75) is 0 Å². The number of thiophene rings is 1. The minimum absolute atomic E-state index is 0.0380. The molecule has 0 radical (unpaired) electrons. The van der Waals surface area contributed by atoms with Crippen molar-refractivity contribution in [3.8, 4) is 5.75 Å². The number of phenols is 1. The van der Waals surface area contributed by atoms with Crippen LogP contribution in [-0.4, -0.2) is 17.2 Å². The third-order valence-corrected chi connectivity index (χ3v) is 5.91. The number of nitrogens with zero attached hydrogens (tertiary/aromatic N) is 1. The molecule has 2 N–H and O–H groups in total. The molecule has 3 rings (SSSR count). The summed E-state index contributed by atoms with van der Waals surface area (Å²) in [6.07, 6.45) is 1.37. The van der Waals surface area contributed by atoms with Gasteiger partial charge in [0, 0.05) is 20.1 Å². The number of rotatable bonds is 3. The van der Waals surface area contributed by atoms with Gasteiger partial charge in [0.15, 0.2) is 0 Å². The van der Waals surface area contributed by atoms with Crippen molar-refractivity contribution >= 4 is 77.0 Å². The zero-order valence-corrected chi connectivity index (χ0v) is 16.6. The number of nitrogens with one attached hydrogen (secondary N) is 1. The molecule has 1 amide bonds. The van der Waals surface area contributed by atoms with E-state index in [-0.39, 0.29) is 5.75 Å². The second-order valence-electron chi connectivity index (χ2n) is 4.77. The van der Waals surface area contributed by atoms with Crippen LogP contribution in [0.4, 0.5) is 0 Å². The van der Waals surface area contributed by atoms with E-state index in [1.807, 2.05) is 24.3 Å². The van der Waals surface area contributed by atoms with E-state index in [1.54, 1.807) is 12.1 Å². The van der Waals surface area contributed by atoms with Gasteiger partial charge in [0.1, 0.15) is 10.6 Å². The van der Waals surface area contributed by atoms with Gasteiger partial charge in [-0.25, -0.2) is 5.43 Å². The Morgan fingerprint density at radius 3 is 2.79 bits per heavy atom. The minimum Gasteiger partial charge on any atom is -0.506 e. The first-order valence-electron chi connectivity index (χ1n) is 6.66. The molecule has 0 fully saturated rings. The molecule has 0 aliphatic heterocycles. The molecule has 122 valence electrons. The molecule has 0 aliphatic carbocycles. The second-order valence-corrected chi connectivity index (χ2v) is 7.97. The standard InChI is InChI=1S/C16H9Br2ClN2O2S/c17-9-5-8(14(22)11(18)6-9)7-20-21-16(23)15-13(19)10-3-1-2-4-12(10)24-15/h1-7,22H,(H,21,23)/b20-7+. The number of hydrazone groups is 1.